The molecule has 0 aliphatic carbocycles. The molecule has 0 aromatic carbocycles. The van der Waals surface area contributed by atoms with Crippen LogP contribution in [0.15, 0.2) is 0 Å². The molecule has 0 amide bonds. The summed E-state index contributed by atoms with van der Waals surface area (Å²) in [5.74, 6) is 0. The standard InChI is InChI=1S/CH4.H2O8S2.H2O5S.H2O4S.H2O.H2/c;1-6-8-10(5,7-2)9(3)4;1-4-5-6(2)3;1-4-5(2)3;;/h1H4;1-2H;1H,(H,2,3);1H,(H,2,3);1H2;1H/p-6. The highest BCUT2D eigenvalue weighted by Gasteiger charge is 2.05. The van der Waals surface area contributed by atoms with E-state index in [4.69, 9.17) is 33.3 Å². The van der Waals surface area contributed by atoms with Crippen molar-refractivity contribution in [3.63, 3.8) is 0 Å². The molecule has 3 atom stereocenters. The third kappa shape index (κ3) is 26.9. The van der Waals surface area contributed by atoms with Gasteiger partial charge in [0, 0.05) is 1.43 Å². The van der Waals surface area contributed by atoms with Crippen LogP contribution < -0.4 is 21.0 Å². The van der Waals surface area contributed by atoms with Gasteiger partial charge in [-0.25, -0.2) is 8.42 Å². The van der Waals surface area contributed by atoms with Crippen molar-refractivity contribution in [2.45, 2.75) is 7.43 Å². The first kappa shape index (κ1) is 34.2. The summed E-state index contributed by atoms with van der Waals surface area (Å²) in [6, 6.07) is 0. The van der Waals surface area contributed by atoms with Crippen LogP contribution in [0.25, 0.3) is 0 Å². The van der Waals surface area contributed by atoms with E-state index in [0.29, 0.717) is 0 Å². The van der Waals surface area contributed by atoms with Crippen LogP contribution in [0.1, 0.15) is 8.85 Å². The first-order valence-corrected chi connectivity index (χ1v) is 8.00. The molecule has 0 saturated carbocycles. The molecule has 150 valence electrons. The number of hydrogen-bond acceptors (Lipinski definition) is 17. The summed E-state index contributed by atoms with van der Waals surface area (Å²) in [4.78, 5) is 0. The Hall–Kier alpha value is -0.250. The molecule has 0 radical (unpaired) electrons. The summed E-state index contributed by atoms with van der Waals surface area (Å²) in [5, 5.41) is 40.3. The summed E-state index contributed by atoms with van der Waals surface area (Å²) in [7, 11) is -8.14. The average molecular weight is 436 g/mol. The van der Waals surface area contributed by atoms with Gasteiger partial charge in [-0.3, -0.25) is 10.1 Å². The molecular formula is CH8O18S4-6. The largest absolute Gasteiger partial charge is 0.750 e. The van der Waals surface area contributed by atoms with Crippen molar-refractivity contribution in [3.05, 3.63) is 0 Å². The van der Waals surface area contributed by atoms with Gasteiger partial charge in [0.1, 0.15) is 11.4 Å². The molecule has 0 heterocycles. The van der Waals surface area contributed by atoms with E-state index >= 15 is 0 Å². The lowest BCUT2D eigenvalue weighted by molar-refractivity contribution is -0.781. The molecule has 0 spiro atoms. The van der Waals surface area contributed by atoms with Crippen LogP contribution in [0.2, 0.25) is 0 Å². The zero-order valence-corrected chi connectivity index (χ0v) is 12.3. The van der Waals surface area contributed by atoms with E-state index in [1.54, 1.807) is 0 Å². The van der Waals surface area contributed by atoms with Crippen LogP contribution in [-0.2, 0) is 68.5 Å². The fourth-order valence-corrected chi connectivity index (χ4v) is 0.680. The monoisotopic (exact) mass is 436 g/mol. The quantitative estimate of drug-likeness (QED) is 0.212. The van der Waals surface area contributed by atoms with Crippen molar-refractivity contribution in [2.75, 3.05) is 0 Å². The SMILES string of the molecule is C.O.O=S(=O)=S(=O)(O[O-])OO[O-].O=S([O-])OO[O-].O=S([O-])O[O-].[HH]. The van der Waals surface area contributed by atoms with E-state index in [0.717, 1.165) is 0 Å². The van der Waals surface area contributed by atoms with E-state index in [-0.39, 0.29) is 14.3 Å². The molecule has 0 saturated heterocycles. The predicted molar refractivity (Wildman–Crippen MR) is 53.9 cm³/mol. The second-order valence-electron chi connectivity index (χ2n) is 1.43. The first-order chi connectivity index (χ1) is 9.60. The van der Waals surface area contributed by atoms with Gasteiger partial charge in [-0.2, -0.15) is 17.0 Å². The Balaban J connectivity index is -0.0000000509. The van der Waals surface area contributed by atoms with Crippen LogP contribution in [0.4, 0.5) is 0 Å². The Labute approximate surface area is 134 Å². The fourth-order valence-electron chi connectivity index (χ4n) is 0.113. The average Bonchev–Trinajstić information content (AvgIpc) is 2.39. The van der Waals surface area contributed by atoms with E-state index in [1.165, 1.54) is 0 Å². The maximum Gasteiger partial charge on any atom is 0.336 e. The minimum Gasteiger partial charge on any atom is -0.750 e. The van der Waals surface area contributed by atoms with Crippen molar-refractivity contribution in [1.82, 2.24) is 0 Å². The minimum atomic E-state index is -4.67. The Morgan fingerprint density at radius 1 is 0.870 bits per heavy atom. The van der Waals surface area contributed by atoms with E-state index in [2.05, 4.69) is 27.4 Å². The van der Waals surface area contributed by atoms with Crippen LogP contribution in [0.3, 0.4) is 0 Å². The second kappa shape index (κ2) is 21.8. The molecule has 0 aliphatic heterocycles. The first-order valence-electron chi connectivity index (χ1n) is 3.00. The second-order valence-corrected chi connectivity index (χ2v) is 6.06. The molecule has 0 aromatic rings. The van der Waals surface area contributed by atoms with Crippen molar-refractivity contribution < 1.29 is 85.5 Å². The van der Waals surface area contributed by atoms with Crippen molar-refractivity contribution in [2.24, 2.45) is 0 Å². The maximum absolute atomic E-state index is 10.2. The molecular weight excluding hydrogens is 428 g/mol. The summed E-state index contributed by atoms with van der Waals surface area (Å²) < 4.78 is 76.2. The molecule has 0 bridgehead atoms. The summed E-state index contributed by atoms with van der Waals surface area (Å²) in [5.41, 5.74) is 0. The highest BCUT2D eigenvalue weighted by atomic mass is 32.9. The highest BCUT2D eigenvalue weighted by Crippen LogP contribution is 1.91. The minimum absolute atomic E-state index is 0. The lowest BCUT2D eigenvalue weighted by Gasteiger charge is -2.09. The molecule has 0 fully saturated rings. The molecule has 22 heteroatoms. The van der Waals surface area contributed by atoms with E-state index in [9.17, 15) is 17.9 Å². The molecule has 0 rings (SSSR count). The zero-order valence-electron chi connectivity index (χ0n) is 9.07. The molecule has 0 aromatic heterocycles. The molecule has 0 aliphatic rings. The number of hydrogen-bond donors (Lipinski definition) is 0. The molecule has 2 N–H and O–H groups in total. The molecule has 3 unspecified atom stereocenters. The maximum atomic E-state index is 10.2. The van der Waals surface area contributed by atoms with Gasteiger partial charge < -0.3 is 44.3 Å². The third-order valence-electron chi connectivity index (χ3n) is 0.500. The van der Waals surface area contributed by atoms with Gasteiger partial charge in [-0.1, -0.05) is 7.43 Å². The summed E-state index contributed by atoms with van der Waals surface area (Å²) >= 11 is -5.73. The van der Waals surface area contributed by atoms with Gasteiger partial charge in [0.15, 0.2) is 0 Å². The molecule has 23 heavy (non-hydrogen) atoms. The van der Waals surface area contributed by atoms with Crippen LogP contribution >= 0.6 is 0 Å². The van der Waals surface area contributed by atoms with Gasteiger partial charge >= 0.3 is 18.3 Å². The lowest BCUT2D eigenvalue weighted by Crippen LogP contribution is -2.21. The van der Waals surface area contributed by atoms with Crippen LogP contribution in [0, 0.1) is 0 Å². The van der Waals surface area contributed by atoms with Crippen LogP contribution in [-0.4, -0.2) is 35.6 Å². The Kier molecular flexibility index (Phi) is 32.3. The van der Waals surface area contributed by atoms with Crippen molar-refractivity contribution >= 4 is 41.0 Å². The highest BCUT2D eigenvalue weighted by molar-refractivity contribution is 8.32. The normalized spacial score (nSPS) is 14.0. The van der Waals surface area contributed by atoms with E-state index in [1.807, 2.05) is 0 Å². The van der Waals surface area contributed by atoms with Crippen molar-refractivity contribution in [3.8, 4) is 0 Å². The molecule has 18 nitrogen and oxygen atoms in total. The topological polar surface area (TPSA) is 311 Å². The van der Waals surface area contributed by atoms with Gasteiger partial charge in [-0.05, 0) is 0 Å². The predicted octanol–water partition coefficient (Wildman–Crippen LogP) is -7.46. The van der Waals surface area contributed by atoms with E-state index < -0.39 is 41.0 Å². The van der Waals surface area contributed by atoms with Gasteiger partial charge in [0.2, 0.25) is 0 Å². The summed E-state index contributed by atoms with van der Waals surface area (Å²) in [6.45, 7) is 0. The Morgan fingerprint density at radius 3 is 1.30 bits per heavy atom. The fraction of sp³-hybridized carbons (Fsp3) is 1.00. The summed E-state index contributed by atoms with van der Waals surface area (Å²) in [6.07, 6.45) is 0. The van der Waals surface area contributed by atoms with Crippen molar-refractivity contribution in [1.29, 1.82) is 0 Å². The zero-order chi connectivity index (χ0) is 17.5. The smallest absolute Gasteiger partial charge is 0.336 e. The lowest BCUT2D eigenvalue weighted by atomic mass is 12.0. The van der Waals surface area contributed by atoms with Gasteiger partial charge in [0.05, 0.1) is 11.4 Å². The Morgan fingerprint density at radius 2 is 1.26 bits per heavy atom. The van der Waals surface area contributed by atoms with Gasteiger partial charge in [0.25, 0.3) is 0 Å². The van der Waals surface area contributed by atoms with Crippen LogP contribution in [0.5, 0.6) is 0 Å². The Bertz CT molecular complexity index is 491. The number of rotatable bonds is 6. The van der Waals surface area contributed by atoms with Gasteiger partial charge in [-0.15, -0.1) is 4.33 Å². The third-order valence-corrected chi connectivity index (χ3v) is 2.83.